The molecule has 0 bridgehead atoms. The third-order valence-corrected chi connectivity index (χ3v) is 8.46. The van der Waals surface area contributed by atoms with E-state index in [0.717, 1.165) is 30.4 Å². The van der Waals surface area contributed by atoms with E-state index in [0.29, 0.717) is 33.9 Å². The van der Waals surface area contributed by atoms with Gasteiger partial charge in [0.2, 0.25) is 21.8 Å². The van der Waals surface area contributed by atoms with Gasteiger partial charge in [0.25, 0.3) is 0 Å². The van der Waals surface area contributed by atoms with Crippen LogP contribution in [0.15, 0.2) is 72.8 Å². The lowest BCUT2D eigenvalue weighted by Gasteiger charge is -2.33. The molecule has 0 aromatic heterocycles. The molecule has 1 atom stereocenters. The number of hydrogen-bond donors (Lipinski definition) is 1. The molecule has 0 aliphatic heterocycles. The molecule has 0 spiro atoms. The number of hydrogen-bond acceptors (Lipinski definition) is 4. The molecule has 43 heavy (non-hydrogen) atoms. The number of nitrogens with one attached hydrogen (secondary N) is 1. The molecular weight excluding hydrogens is 626 g/mol. The highest BCUT2D eigenvalue weighted by atomic mass is 35.5. The van der Waals surface area contributed by atoms with E-state index in [4.69, 9.17) is 23.2 Å². The number of halogens is 5. The Balaban J connectivity index is 2.09. The van der Waals surface area contributed by atoms with Gasteiger partial charge in [-0.15, -0.1) is 0 Å². The lowest BCUT2D eigenvalue weighted by atomic mass is 10.0. The fourth-order valence-electron chi connectivity index (χ4n) is 4.37. The van der Waals surface area contributed by atoms with Gasteiger partial charge in [0, 0.05) is 24.5 Å². The van der Waals surface area contributed by atoms with Crippen LogP contribution in [0.2, 0.25) is 10.0 Å². The molecule has 0 aliphatic carbocycles. The highest BCUT2D eigenvalue weighted by molar-refractivity contribution is 7.92. The number of amides is 2. The molecule has 3 aromatic rings. The molecule has 0 saturated heterocycles. The molecule has 3 aromatic carbocycles. The predicted molar refractivity (Wildman–Crippen MR) is 162 cm³/mol. The van der Waals surface area contributed by atoms with Crippen molar-refractivity contribution in [3.8, 4) is 0 Å². The standard InChI is InChI=1S/C30H32Cl2F3N3O4S/c1-3-4-16-36-29(40)27(17-21-10-6-5-7-11-21)37(19-22-12-8-9-13-25(22)31)28(39)20-38(43(2,41)42)23-14-15-26(32)24(18-23)30(33,34)35/h5-15,18,27H,3-4,16-17,19-20H2,1-2H3,(H,36,40). The average molecular weight is 659 g/mol. The van der Waals surface area contributed by atoms with Crippen LogP contribution in [0.25, 0.3) is 0 Å². The first-order chi connectivity index (χ1) is 20.2. The van der Waals surface area contributed by atoms with Gasteiger partial charge in [-0.1, -0.05) is 85.1 Å². The summed E-state index contributed by atoms with van der Waals surface area (Å²) in [6, 6.07) is 17.1. The Kier molecular flexibility index (Phi) is 11.9. The number of nitrogens with zero attached hydrogens (tertiary/aromatic N) is 2. The lowest BCUT2D eigenvalue weighted by Crippen LogP contribution is -2.53. The minimum absolute atomic E-state index is 0.0903. The predicted octanol–water partition coefficient (Wildman–Crippen LogP) is 6.33. The van der Waals surface area contributed by atoms with Gasteiger partial charge in [-0.05, 0) is 41.8 Å². The van der Waals surface area contributed by atoms with E-state index in [1.54, 1.807) is 54.6 Å². The summed E-state index contributed by atoms with van der Waals surface area (Å²) in [7, 11) is -4.28. The third-order valence-electron chi connectivity index (χ3n) is 6.62. The number of carbonyl (C=O) groups is 2. The summed E-state index contributed by atoms with van der Waals surface area (Å²) < 4.78 is 67.1. The van der Waals surface area contributed by atoms with Crippen molar-refractivity contribution in [2.75, 3.05) is 23.7 Å². The van der Waals surface area contributed by atoms with Crippen LogP contribution >= 0.6 is 23.2 Å². The minimum Gasteiger partial charge on any atom is -0.354 e. The maximum Gasteiger partial charge on any atom is 0.417 e. The number of benzene rings is 3. The van der Waals surface area contributed by atoms with E-state index in [1.807, 2.05) is 6.92 Å². The molecule has 1 N–H and O–H groups in total. The molecule has 3 rings (SSSR count). The highest BCUT2D eigenvalue weighted by Crippen LogP contribution is 2.37. The second-order valence-electron chi connectivity index (χ2n) is 9.89. The Labute approximate surface area is 259 Å². The number of rotatable bonds is 13. The van der Waals surface area contributed by atoms with Gasteiger partial charge >= 0.3 is 6.18 Å². The van der Waals surface area contributed by atoms with Crippen LogP contribution in [0.4, 0.5) is 18.9 Å². The number of anilines is 1. The Morgan fingerprint density at radius 3 is 2.21 bits per heavy atom. The summed E-state index contributed by atoms with van der Waals surface area (Å²) in [5.41, 5.74) is -0.425. The van der Waals surface area contributed by atoms with Crippen LogP contribution < -0.4 is 9.62 Å². The van der Waals surface area contributed by atoms with E-state index in [9.17, 15) is 31.2 Å². The molecule has 0 saturated carbocycles. The van der Waals surface area contributed by atoms with E-state index in [1.165, 1.54) is 4.90 Å². The number of sulfonamides is 1. The fraction of sp³-hybridized carbons (Fsp3) is 0.333. The van der Waals surface area contributed by atoms with Gasteiger partial charge in [0.15, 0.2) is 0 Å². The van der Waals surface area contributed by atoms with Crippen LogP contribution in [-0.2, 0) is 38.8 Å². The molecular formula is C30H32Cl2F3N3O4S. The molecule has 1 unspecified atom stereocenters. The van der Waals surface area contributed by atoms with Crippen LogP contribution in [0.3, 0.4) is 0 Å². The van der Waals surface area contributed by atoms with Gasteiger partial charge < -0.3 is 10.2 Å². The summed E-state index contributed by atoms with van der Waals surface area (Å²) in [5, 5.41) is 2.54. The van der Waals surface area contributed by atoms with E-state index in [2.05, 4.69) is 5.32 Å². The molecule has 0 aliphatic rings. The summed E-state index contributed by atoms with van der Waals surface area (Å²) >= 11 is 12.2. The highest BCUT2D eigenvalue weighted by Gasteiger charge is 2.36. The Morgan fingerprint density at radius 2 is 1.60 bits per heavy atom. The number of carbonyl (C=O) groups excluding carboxylic acids is 2. The quantitative estimate of drug-likeness (QED) is 0.218. The summed E-state index contributed by atoms with van der Waals surface area (Å²) in [5.74, 6) is -1.28. The van der Waals surface area contributed by atoms with Gasteiger partial charge in [-0.3, -0.25) is 13.9 Å². The number of alkyl halides is 3. The second kappa shape index (κ2) is 14.9. The molecule has 0 fully saturated rings. The average Bonchev–Trinajstić information content (AvgIpc) is 2.94. The van der Waals surface area contributed by atoms with Crippen molar-refractivity contribution in [2.45, 2.75) is 44.9 Å². The van der Waals surface area contributed by atoms with Crippen LogP contribution in [0.1, 0.15) is 36.5 Å². The summed E-state index contributed by atoms with van der Waals surface area (Å²) in [6.45, 7) is 1.27. The van der Waals surface area contributed by atoms with Crippen LogP contribution in [0.5, 0.6) is 0 Å². The topological polar surface area (TPSA) is 86.8 Å². The summed E-state index contributed by atoms with van der Waals surface area (Å²) in [6.07, 6.45) is -2.49. The van der Waals surface area contributed by atoms with Crippen LogP contribution in [0, 0.1) is 0 Å². The molecule has 2 amide bonds. The van der Waals surface area contributed by atoms with Crippen molar-refractivity contribution >= 4 is 50.7 Å². The molecule has 0 radical (unpaired) electrons. The Hall–Kier alpha value is -3.28. The van der Waals surface area contributed by atoms with Gasteiger partial charge in [-0.2, -0.15) is 13.2 Å². The Bertz CT molecular complexity index is 1520. The molecule has 0 heterocycles. The monoisotopic (exact) mass is 657 g/mol. The fourth-order valence-corrected chi connectivity index (χ4v) is 5.63. The molecule has 13 heteroatoms. The van der Waals surface area contributed by atoms with E-state index < -0.39 is 56.9 Å². The van der Waals surface area contributed by atoms with Gasteiger partial charge in [0.05, 0.1) is 22.5 Å². The van der Waals surface area contributed by atoms with E-state index >= 15 is 0 Å². The minimum atomic E-state index is -4.87. The van der Waals surface area contributed by atoms with Gasteiger partial charge in [-0.25, -0.2) is 8.42 Å². The lowest BCUT2D eigenvalue weighted by molar-refractivity contribution is -0.140. The van der Waals surface area contributed by atoms with Crippen molar-refractivity contribution in [1.82, 2.24) is 10.2 Å². The maximum absolute atomic E-state index is 14.1. The maximum atomic E-state index is 14.1. The van der Waals surface area contributed by atoms with Crippen molar-refractivity contribution in [3.05, 3.63) is 99.5 Å². The number of unbranched alkanes of at least 4 members (excludes halogenated alkanes) is 1. The normalized spacial score (nSPS) is 12.4. The Morgan fingerprint density at radius 1 is 0.953 bits per heavy atom. The molecule has 232 valence electrons. The van der Waals surface area contributed by atoms with Gasteiger partial charge in [0.1, 0.15) is 12.6 Å². The SMILES string of the molecule is CCCCNC(=O)C(Cc1ccccc1)N(Cc1ccccc1Cl)C(=O)CN(c1ccc(Cl)c(C(F)(F)F)c1)S(C)(=O)=O. The zero-order chi connectivity index (χ0) is 31.8. The first kappa shape index (κ1) is 34.2. The van der Waals surface area contributed by atoms with Crippen LogP contribution in [-0.4, -0.2) is 50.5 Å². The van der Waals surface area contributed by atoms with Crippen molar-refractivity contribution in [2.24, 2.45) is 0 Å². The summed E-state index contributed by atoms with van der Waals surface area (Å²) in [4.78, 5) is 28.8. The largest absolute Gasteiger partial charge is 0.417 e. The second-order valence-corrected chi connectivity index (χ2v) is 12.6. The van der Waals surface area contributed by atoms with Crippen molar-refractivity contribution in [1.29, 1.82) is 0 Å². The van der Waals surface area contributed by atoms with Crippen molar-refractivity contribution in [3.63, 3.8) is 0 Å². The van der Waals surface area contributed by atoms with E-state index in [-0.39, 0.29) is 13.0 Å². The smallest absolute Gasteiger partial charge is 0.354 e. The zero-order valence-corrected chi connectivity index (χ0v) is 25.9. The first-order valence-electron chi connectivity index (χ1n) is 13.4. The van der Waals surface area contributed by atoms with Crippen molar-refractivity contribution < 1.29 is 31.2 Å². The first-order valence-corrected chi connectivity index (χ1v) is 16.0. The molecule has 7 nitrogen and oxygen atoms in total. The third kappa shape index (κ3) is 9.61. The zero-order valence-electron chi connectivity index (χ0n) is 23.6.